The Morgan fingerprint density at radius 2 is 2.29 bits per heavy atom. The molecule has 7 heteroatoms. The Morgan fingerprint density at radius 3 is 2.88 bits per heavy atom. The summed E-state index contributed by atoms with van der Waals surface area (Å²) >= 11 is 0. The number of sulfone groups is 1. The topological polar surface area (TPSA) is 84.2 Å². The summed E-state index contributed by atoms with van der Waals surface area (Å²) < 4.78 is 24.5. The molecule has 2 atom stereocenters. The third kappa shape index (κ3) is 3.52. The van der Waals surface area contributed by atoms with E-state index in [1.807, 2.05) is 10.8 Å². The van der Waals surface area contributed by atoms with Gasteiger partial charge in [0.15, 0.2) is 9.84 Å². The highest BCUT2D eigenvalue weighted by Crippen LogP contribution is 2.12. The zero-order valence-electron chi connectivity index (χ0n) is 9.49. The lowest BCUT2D eigenvalue weighted by Crippen LogP contribution is -2.39. The Labute approximate surface area is 101 Å². The van der Waals surface area contributed by atoms with E-state index in [1.54, 1.807) is 12.5 Å². The molecule has 0 aliphatic carbocycles. The maximum Gasteiger partial charge on any atom is 0.154 e. The number of aliphatic hydroxyl groups is 1. The molecule has 1 aliphatic rings. The van der Waals surface area contributed by atoms with Gasteiger partial charge in [-0.15, -0.1) is 0 Å². The lowest BCUT2D eigenvalue weighted by atomic mass is 10.2. The summed E-state index contributed by atoms with van der Waals surface area (Å²) in [5.74, 6) is -0.0779. The van der Waals surface area contributed by atoms with Crippen molar-refractivity contribution in [3.05, 3.63) is 18.7 Å². The van der Waals surface area contributed by atoms with Gasteiger partial charge >= 0.3 is 0 Å². The SMILES string of the molecule is O=S1(=O)CC(O)C(NCCCn2ccnc2)C1. The van der Waals surface area contributed by atoms with E-state index in [0.717, 1.165) is 13.0 Å². The second kappa shape index (κ2) is 5.16. The van der Waals surface area contributed by atoms with Gasteiger partial charge in [0, 0.05) is 25.0 Å². The Balaban J connectivity index is 1.69. The zero-order valence-corrected chi connectivity index (χ0v) is 10.3. The first-order valence-corrected chi connectivity index (χ1v) is 7.46. The van der Waals surface area contributed by atoms with Gasteiger partial charge in [-0.25, -0.2) is 13.4 Å². The molecule has 0 saturated carbocycles. The minimum atomic E-state index is -3.05. The van der Waals surface area contributed by atoms with Crippen molar-refractivity contribution in [3.63, 3.8) is 0 Å². The number of aromatic nitrogens is 2. The van der Waals surface area contributed by atoms with Crippen LogP contribution < -0.4 is 5.32 Å². The van der Waals surface area contributed by atoms with Gasteiger partial charge in [-0.1, -0.05) is 0 Å². The molecular formula is C10H17N3O3S. The summed E-state index contributed by atoms with van der Waals surface area (Å²) in [6.07, 6.45) is 5.46. The van der Waals surface area contributed by atoms with Crippen LogP contribution in [0.4, 0.5) is 0 Å². The average molecular weight is 259 g/mol. The number of aryl methyl sites for hydroxylation is 1. The van der Waals surface area contributed by atoms with E-state index in [1.165, 1.54) is 0 Å². The number of nitrogens with zero attached hydrogens (tertiary/aromatic N) is 2. The first-order chi connectivity index (χ1) is 8.07. The molecule has 1 fully saturated rings. The predicted octanol–water partition coefficient (Wildman–Crippen LogP) is -0.979. The summed E-state index contributed by atoms with van der Waals surface area (Å²) in [5, 5.41) is 12.6. The maximum absolute atomic E-state index is 11.3. The van der Waals surface area contributed by atoms with Gasteiger partial charge in [-0.2, -0.15) is 0 Å². The lowest BCUT2D eigenvalue weighted by molar-refractivity contribution is 0.166. The monoisotopic (exact) mass is 259 g/mol. The van der Waals surface area contributed by atoms with Crippen molar-refractivity contribution in [2.45, 2.75) is 25.1 Å². The molecule has 2 unspecified atom stereocenters. The predicted molar refractivity (Wildman–Crippen MR) is 63.3 cm³/mol. The van der Waals surface area contributed by atoms with Gasteiger partial charge in [-0.3, -0.25) is 0 Å². The molecule has 1 aromatic heterocycles. The molecule has 2 heterocycles. The van der Waals surface area contributed by atoms with Crippen molar-refractivity contribution in [2.24, 2.45) is 0 Å². The number of hydrogen-bond donors (Lipinski definition) is 2. The number of nitrogens with one attached hydrogen (secondary N) is 1. The molecule has 0 spiro atoms. The fraction of sp³-hybridized carbons (Fsp3) is 0.700. The van der Waals surface area contributed by atoms with Crippen LogP contribution in [0.1, 0.15) is 6.42 Å². The van der Waals surface area contributed by atoms with E-state index < -0.39 is 15.9 Å². The van der Waals surface area contributed by atoms with Gasteiger partial charge in [0.05, 0.1) is 23.9 Å². The van der Waals surface area contributed by atoms with Crippen LogP contribution in [0.25, 0.3) is 0 Å². The van der Waals surface area contributed by atoms with Crippen LogP contribution in [0.5, 0.6) is 0 Å². The minimum Gasteiger partial charge on any atom is -0.390 e. The zero-order chi connectivity index (χ0) is 12.3. The fourth-order valence-electron chi connectivity index (χ4n) is 1.99. The molecule has 1 aliphatic heterocycles. The summed E-state index contributed by atoms with van der Waals surface area (Å²) in [7, 11) is -3.05. The molecule has 0 aromatic carbocycles. The molecule has 2 rings (SSSR count). The first kappa shape index (κ1) is 12.5. The summed E-state index contributed by atoms with van der Waals surface area (Å²) in [4.78, 5) is 3.93. The number of imidazole rings is 1. The van der Waals surface area contributed by atoms with Crippen LogP contribution in [0.2, 0.25) is 0 Å². The van der Waals surface area contributed by atoms with Crippen molar-refractivity contribution >= 4 is 9.84 Å². The quantitative estimate of drug-likeness (QED) is 0.664. The van der Waals surface area contributed by atoms with Crippen LogP contribution >= 0.6 is 0 Å². The molecule has 2 N–H and O–H groups in total. The van der Waals surface area contributed by atoms with Gasteiger partial charge < -0.3 is 15.0 Å². The van der Waals surface area contributed by atoms with Crippen molar-refractivity contribution < 1.29 is 13.5 Å². The van der Waals surface area contributed by atoms with E-state index in [9.17, 15) is 13.5 Å². The van der Waals surface area contributed by atoms with Gasteiger partial charge in [0.1, 0.15) is 0 Å². The van der Waals surface area contributed by atoms with Crippen LogP contribution in [0, 0.1) is 0 Å². The van der Waals surface area contributed by atoms with E-state index in [4.69, 9.17) is 0 Å². The van der Waals surface area contributed by atoms with Gasteiger partial charge in [-0.05, 0) is 13.0 Å². The highest BCUT2D eigenvalue weighted by molar-refractivity contribution is 7.91. The molecule has 96 valence electrons. The Morgan fingerprint density at radius 1 is 1.47 bits per heavy atom. The highest BCUT2D eigenvalue weighted by atomic mass is 32.2. The molecule has 0 bridgehead atoms. The summed E-state index contributed by atoms with van der Waals surface area (Å²) in [5.41, 5.74) is 0. The van der Waals surface area contributed by atoms with Crippen molar-refractivity contribution in [2.75, 3.05) is 18.1 Å². The third-order valence-corrected chi connectivity index (χ3v) is 4.60. The van der Waals surface area contributed by atoms with E-state index in [2.05, 4.69) is 10.3 Å². The summed E-state index contributed by atoms with van der Waals surface area (Å²) in [6.45, 7) is 1.53. The van der Waals surface area contributed by atoms with Crippen molar-refractivity contribution in [1.29, 1.82) is 0 Å². The molecule has 17 heavy (non-hydrogen) atoms. The van der Waals surface area contributed by atoms with E-state index >= 15 is 0 Å². The van der Waals surface area contributed by atoms with Crippen molar-refractivity contribution in [1.82, 2.24) is 14.9 Å². The maximum atomic E-state index is 11.3. The lowest BCUT2D eigenvalue weighted by Gasteiger charge is -2.14. The third-order valence-electron chi connectivity index (χ3n) is 2.88. The van der Waals surface area contributed by atoms with Crippen LogP contribution in [-0.4, -0.2) is 53.3 Å². The van der Waals surface area contributed by atoms with Crippen LogP contribution in [-0.2, 0) is 16.4 Å². The van der Waals surface area contributed by atoms with Crippen molar-refractivity contribution in [3.8, 4) is 0 Å². The normalized spacial score (nSPS) is 27.4. The van der Waals surface area contributed by atoms with E-state index in [-0.39, 0.29) is 17.5 Å². The van der Waals surface area contributed by atoms with Crippen LogP contribution in [0.3, 0.4) is 0 Å². The smallest absolute Gasteiger partial charge is 0.154 e. The van der Waals surface area contributed by atoms with E-state index in [0.29, 0.717) is 6.54 Å². The number of aliphatic hydroxyl groups excluding tert-OH is 1. The molecule has 1 aromatic rings. The minimum absolute atomic E-state index is 0.0409. The highest BCUT2D eigenvalue weighted by Gasteiger charge is 2.35. The first-order valence-electron chi connectivity index (χ1n) is 5.64. The molecule has 0 radical (unpaired) electrons. The Hall–Kier alpha value is -0.920. The second-order valence-corrected chi connectivity index (χ2v) is 6.51. The summed E-state index contributed by atoms with van der Waals surface area (Å²) in [6, 6.07) is -0.317. The number of rotatable bonds is 5. The van der Waals surface area contributed by atoms with Crippen LogP contribution in [0.15, 0.2) is 18.7 Å². The Kier molecular flexibility index (Phi) is 3.80. The van der Waals surface area contributed by atoms with Gasteiger partial charge in [0.2, 0.25) is 0 Å². The fourth-order valence-corrected chi connectivity index (χ4v) is 3.77. The average Bonchev–Trinajstić information content (AvgIpc) is 2.81. The molecule has 0 amide bonds. The van der Waals surface area contributed by atoms with Gasteiger partial charge in [0.25, 0.3) is 0 Å². The molecule has 6 nitrogen and oxygen atoms in total. The number of hydrogen-bond acceptors (Lipinski definition) is 5. The standard InChI is InChI=1S/C10H17N3O3S/c14-10-7-17(15,16)6-9(10)12-2-1-4-13-5-3-11-8-13/h3,5,8-10,12,14H,1-2,4,6-7H2. The molecular weight excluding hydrogens is 242 g/mol. The second-order valence-electron chi connectivity index (χ2n) is 4.36. The molecule has 1 saturated heterocycles. The Bertz CT molecular complexity index is 443. The largest absolute Gasteiger partial charge is 0.390 e.